The first-order valence-electron chi connectivity index (χ1n) is 5.74. The highest BCUT2D eigenvalue weighted by molar-refractivity contribution is 5.60. The SMILES string of the molecule is Fc1ccc(CON=CC2CCCC2)cc1. The van der Waals surface area contributed by atoms with E-state index in [1.807, 2.05) is 6.21 Å². The highest BCUT2D eigenvalue weighted by Gasteiger charge is 2.12. The molecule has 1 aliphatic carbocycles. The minimum absolute atomic E-state index is 0.224. The molecule has 0 amide bonds. The molecule has 2 rings (SSSR count). The van der Waals surface area contributed by atoms with Crippen LogP contribution in [0.5, 0.6) is 0 Å². The summed E-state index contributed by atoms with van der Waals surface area (Å²) in [5.74, 6) is 0.367. The van der Waals surface area contributed by atoms with Crippen molar-refractivity contribution in [3.63, 3.8) is 0 Å². The predicted octanol–water partition coefficient (Wildman–Crippen LogP) is 3.52. The molecule has 0 aromatic heterocycles. The summed E-state index contributed by atoms with van der Waals surface area (Å²) in [6.07, 6.45) is 6.95. The van der Waals surface area contributed by atoms with E-state index in [9.17, 15) is 4.39 Å². The van der Waals surface area contributed by atoms with Crippen molar-refractivity contribution in [2.75, 3.05) is 0 Å². The number of rotatable bonds is 4. The lowest BCUT2D eigenvalue weighted by Crippen LogP contribution is -1.95. The Morgan fingerprint density at radius 1 is 1.25 bits per heavy atom. The number of hydrogen-bond acceptors (Lipinski definition) is 2. The minimum Gasteiger partial charge on any atom is -0.391 e. The number of benzene rings is 1. The first-order chi connectivity index (χ1) is 7.84. The third-order valence-electron chi connectivity index (χ3n) is 2.89. The maximum Gasteiger partial charge on any atom is 0.142 e. The molecule has 86 valence electrons. The second kappa shape index (κ2) is 5.64. The quantitative estimate of drug-likeness (QED) is 0.563. The first-order valence-corrected chi connectivity index (χ1v) is 5.74. The average Bonchev–Trinajstić information content (AvgIpc) is 2.80. The van der Waals surface area contributed by atoms with Crippen molar-refractivity contribution < 1.29 is 9.23 Å². The molecule has 0 N–H and O–H groups in total. The van der Waals surface area contributed by atoms with E-state index in [-0.39, 0.29) is 5.82 Å². The van der Waals surface area contributed by atoms with Crippen LogP contribution >= 0.6 is 0 Å². The molecule has 3 heteroatoms. The zero-order valence-corrected chi connectivity index (χ0v) is 9.23. The Bertz CT molecular complexity index is 341. The summed E-state index contributed by atoms with van der Waals surface area (Å²) in [5.41, 5.74) is 0.935. The molecule has 1 aliphatic rings. The predicted molar refractivity (Wildman–Crippen MR) is 61.6 cm³/mol. The van der Waals surface area contributed by atoms with Gasteiger partial charge in [-0.05, 0) is 36.5 Å². The molecule has 2 nitrogen and oxygen atoms in total. The lowest BCUT2D eigenvalue weighted by molar-refractivity contribution is 0.130. The maximum absolute atomic E-state index is 12.6. The molecule has 0 heterocycles. The molecule has 0 bridgehead atoms. The van der Waals surface area contributed by atoms with E-state index in [0.29, 0.717) is 12.5 Å². The lowest BCUT2D eigenvalue weighted by Gasteiger charge is -2.01. The molecular formula is C13H16FNO. The van der Waals surface area contributed by atoms with E-state index in [4.69, 9.17) is 4.84 Å². The van der Waals surface area contributed by atoms with Gasteiger partial charge in [-0.3, -0.25) is 0 Å². The van der Waals surface area contributed by atoms with Crippen molar-refractivity contribution in [1.29, 1.82) is 0 Å². The second-order valence-electron chi connectivity index (χ2n) is 4.20. The molecule has 1 fully saturated rings. The summed E-state index contributed by atoms with van der Waals surface area (Å²) in [6.45, 7) is 0.406. The van der Waals surface area contributed by atoms with Crippen LogP contribution in [-0.4, -0.2) is 6.21 Å². The third kappa shape index (κ3) is 3.33. The topological polar surface area (TPSA) is 21.6 Å². The van der Waals surface area contributed by atoms with Crippen LogP contribution in [0.4, 0.5) is 4.39 Å². The van der Waals surface area contributed by atoms with Crippen molar-refractivity contribution >= 4 is 6.21 Å². The monoisotopic (exact) mass is 221 g/mol. The summed E-state index contributed by atoms with van der Waals surface area (Å²) in [7, 11) is 0. The maximum atomic E-state index is 12.6. The van der Waals surface area contributed by atoms with E-state index in [2.05, 4.69) is 5.16 Å². The van der Waals surface area contributed by atoms with Crippen molar-refractivity contribution in [1.82, 2.24) is 0 Å². The number of nitrogens with zero attached hydrogens (tertiary/aromatic N) is 1. The Morgan fingerprint density at radius 2 is 1.94 bits per heavy atom. The van der Waals surface area contributed by atoms with E-state index >= 15 is 0 Å². The van der Waals surface area contributed by atoms with Gasteiger partial charge >= 0.3 is 0 Å². The van der Waals surface area contributed by atoms with Crippen LogP contribution in [0.1, 0.15) is 31.2 Å². The van der Waals surface area contributed by atoms with Gasteiger partial charge in [-0.15, -0.1) is 0 Å². The summed E-state index contributed by atoms with van der Waals surface area (Å²) in [4.78, 5) is 5.17. The molecule has 1 aromatic rings. The molecule has 1 saturated carbocycles. The van der Waals surface area contributed by atoms with Crippen molar-refractivity contribution in [2.24, 2.45) is 11.1 Å². The highest BCUT2D eigenvalue weighted by Crippen LogP contribution is 2.22. The zero-order valence-electron chi connectivity index (χ0n) is 9.23. The average molecular weight is 221 g/mol. The van der Waals surface area contributed by atoms with Gasteiger partial charge in [-0.25, -0.2) is 4.39 Å². The van der Waals surface area contributed by atoms with Crippen LogP contribution in [0.15, 0.2) is 29.4 Å². The smallest absolute Gasteiger partial charge is 0.142 e. The van der Waals surface area contributed by atoms with Crippen LogP contribution in [0.3, 0.4) is 0 Å². The highest BCUT2D eigenvalue weighted by atomic mass is 19.1. The molecule has 1 aromatic carbocycles. The third-order valence-corrected chi connectivity index (χ3v) is 2.89. The van der Waals surface area contributed by atoms with Crippen LogP contribution in [-0.2, 0) is 11.4 Å². The fraction of sp³-hybridized carbons (Fsp3) is 0.462. The molecule has 0 spiro atoms. The normalized spacial score (nSPS) is 17.1. The van der Waals surface area contributed by atoms with Crippen LogP contribution < -0.4 is 0 Å². The largest absolute Gasteiger partial charge is 0.391 e. The second-order valence-corrected chi connectivity index (χ2v) is 4.20. The van der Waals surface area contributed by atoms with Crippen LogP contribution in [0, 0.1) is 11.7 Å². The van der Waals surface area contributed by atoms with Gasteiger partial charge in [0.05, 0.1) is 0 Å². The van der Waals surface area contributed by atoms with E-state index in [1.165, 1.54) is 37.8 Å². The van der Waals surface area contributed by atoms with Gasteiger partial charge in [0.15, 0.2) is 0 Å². The Balaban J connectivity index is 1.72. The number of hydrogen-bond donors (Lipinski definition) is 0. The molecule has 0 unspecified atom stereocenters. The molecule has 0 aliphatic heterocycles. The zero-order chi connectivity index (χ0) is 11.2. The number of oxime groups is 1. The van der Waals surface area contributed by atoms with Gasteiger partial charge in [0, 0.05) is 6.21 Å². The van der Waals surface area contributed by atoms with Gasteiger partial charge in [-0.1, -0.05) is 30.1 Å². The Morgan fingerprint density at radius 3 is 2.62 bits per heavy atom. The van der Waals surface area contributed by atoms with Gasteiger partial charge in [0.1, 0.15) is 12.4 Å². The molecule has 0 saturated heterocycles. The summed E-state index contributed by atoms with van der Waals surface area (Å²) >= 11 is 0. The Labute approximate surface area is 95.1 Å². The lowest BCUT2D eigenvalue weighted by atomic mass is 10.1. The van der Waals surface area contributed by atoms with Crippen molar-refractivity contribution in [2.45, 2.75) is 32.3 Å². The van der Waals surface area contributed by atoms with Crippen LogP contribution in [0.25, 0.3) is 0 Å². The summed E-state index contributed by atoms with van der Waals surface area (Å²) < 4.78 is 12.6. The molecular weight excluding hydrogens is 205 g/mol. The minimum atomic E-state index is -0.224. The summed E-state index contributed by atoms with van der Waals surface area (Å²) in [6, 6.07) is 6.28. The first kappa shape index (κ1) is 11.1. The van der Waals surface area contributed by atoms with Gasteiger partial charge < -0.3 is 4.84 Å². The van der Waals surface area contributed by atoms with E-state index in [0.717, 1.165) is 5.56 Å². The standard InChI is InChI=1S/C13H16FNO/c14-13-7-5-12(6-8-13)10-16-15-9-11-3-1-2-4-11/h5-9,11H,1-4,10H2. The van der Waals surface area contributed by atoms with Crippen molar-refractivity contribution in [3.8, 4) is 0 Å². The van der Waals surface area contributed by atoms with E-state index < -0.39 is 0 Å². The Hall–Kier alpha value is -1.38. The number of halogens is 1. The molecule has 0 atom stereocenters. The van der Waals surface area contributed by atoms with Crippen molar-refractivity contribution in [3.05, 3.63) is 35.6 Å². The van der Waals surface area contributed by atoms with Crippen LogP contribution in [0.2, 0.25) is 0 Å². The van der Waals surface area contributed by atoms with Gasteiger partial charge in [0.25, 0.3) is 0 Å². The van der Waals surface area contributed by atoms with Gasteiger partial charge in [0.2, 0.25) is 0 Å². The Kier molecular flexibility index (Phi) is 3.91. The molecule has 16 heavy (non-hydrogen) atoms. The summed E-state index contributed by atoms with van der Waals surface area (Å²) in [5, 5.41) is 3.95. The fourth-order valence-corrected chi connectivity index (χ4v) is 1.93. The van der Waals surface area contributed by atoms with E-state index in [1.54, 1.807) is 12.1 Å². The fourth-order valence-electron chi connectivity index (χ4n) is 1.93. The molecule has 0 radical (unpaired) electrons. The van der Waals surface area contributed by atoms with Gasteiger partial charge in [-0.2, -0.15) is 0 Å².